The Bertz CT molecular complexity index is 989. The van der Waals surface area contributed by atoms with Gasteiger partial charge in [-0.1, -0.05) is 251 Å². The monoisotopic (exact) mass is 859 g/mol. The number of rotatable bonds is 49. The maximum absolute atomic E-state index is 12.7. The van der Waals surface area contributed by atoms with E-state index < -0.39 is 6.10 Å². The van der Waals surface area contributed by atoms with Crippen LogP contribution in [0.2, 0.25) is 0 Å². The minimum absolute atomic E-state index is 0.0726. The first kappa shape index (κ1) is 58.9. The first-order chi connectivity index (χ1) is 30.0. The molecule has 358 valence electrons. The summed E-state index contributed by atoms with van der Waals surface area (Å²) in [5, 5.41) is 0. The highest BCUT2D eigenvalue weighted by Gasteiger charge is 2.19. The second-order valence-corrected chi connectivity index (χ2v) is 18.2. The summed E-state index contributed by atoms with van der Waals surface area (Å²) in [5.41, 5.74) is 0. The molecule has 0 saturated carbocycles. The van der Waals surface area contributed by atoms with Crippen molar-refractivity contribution < 1.29 is 28.6 Å². The molecular weight excluding hydrogens is 757 g/mol. The molecule has 0 aliphatic carbocycles. The lowest BCUT2D eigenvalue weighted by molar-refractivity contribution is -0.167. The van der Waals surface area contributed by atoms with E-state index in [-0.39, 0.29) is 31.1 Å². The molecule has 61 heavy (non-hydrogen) atoms. The van der Waals surface area contributed by atoms with Crippen LogP contribution in [-0.4, -0.2) is 37.2 Å². The number of hydrogen-bond donors (Lipinski definition) is 0. The number of esters is 3. The van der Waals surface area contributed by atoms with Crippen LogP contribution >= 0.6 is 0 Å². The molecule has 6 nitrogen and oxygen atoms in total. The molecule has 0 spiro atoms. The number of hydrogen-bond acceptors (Lipinski definition) is 6. The second kappa shape index (κ2) is 50.5. The Hall–Kier alpha value is -2.11. The lowest BCUT2D eigenvalue weighted by atomic mass is 10.0. The predicted octanol–water partition coefficient (Wildman–Crippen LogP) is 17.5. The van der Waals surface area contributed by atoms with Gasteiger partial charge < -0.3 is 14.2 Å². The number of carbonyl (C=O) groups is 3. The Balaban J connectivity index is 4.16. The van der Waals surface area contributed by atoms with Crippen molar-refractivity contribution in [1.82, 2.24) is 0 Å². The van der Waals surface area contributed by atoms with Crippen LogP contribution in [0.1, 0.15) is 290 Å². The van der Waals surface area contributed by atoms with Gasteiger partial charge in [0.1, 0.15) is 13.2 Å². The van der Waals surface area contributed by atoms with Crippen LogP contribution in [0.3, 0.4) is 0 Å². The Morgan fingerprint density at radius 1 is 0.328 bits per heavy atom. The van der Waals surface area contributed by atoms with Gasteiger partial charge in [0.2, 0.25) is 0 Å². The van der Waals surface area contributed by atoms with E-state index in [0.717, 1.165) is 89.9 Å². The van der Waals surface area contributed by atoms with Crippen LogP contribution in [0.4, 0.5) is 0 Å². The average Bonchev–Trinajstić information content (AvgIpc) is 3.26. The fourth-order valence-corrected chi connectivity index (χ4v) is 7.89. The van der Waals surface area contributed by atoms with Crippen molar-refractivity contribution in [2.45, 2.75) is 297 Å². The molecule has 0 amide bonds. The third-order valence-corrected chi connectivity index (χ3v) is 11.9. The first-order valence-corrected chi connectivity index (χ1v) is 26.8. The van der Waals surface area contributed by atoms with Crippen molar-refractivity contribution in [1.29, 1.82) is 0 Å². The maximum atomic E-state index is 12.7. The van der Waals surface area contributed by atoms with Crippen molar-refractivity contribution in [3.63, 3.8) is 0 Å². The Morgan fingerprint density at radius 3 is 0.967 bits per heavy atom. The summed E-state index contributed by atoms with van der Waals surface area (Å²) in [6, 6.07) is 0. The zero-order valence-corrected chi connectivity index (χ0v) is 40.9. The molecule has 0 bridgehead atoms. The van der Waals surface area contributed by atoms with Gasteiger partial charge in [-0.25, -0.2) is 0 Å². The van der Waals surface area contributed by atoms with Crippen molar-refractivity contribution in [3.8, 4) is 0 Å². The zero-order valence-electron chi connectivity index (χ0n) is 40.9. The molecule has 6 heteroatoms. The number of unbranched alkanes of at least 4 members (excludes halogenated alkanes) is 34. The van der Waals surface area contributed by atoms with Gasteiger partial charge in [-0.3, -0.25) is 14.4 Å². The fourth-order valence-electron chi connectivity index (χ4n) is 7.89. The van der Waals surface area contributed by atoms with Crippen molar-refractivity contribution in [2.24, 2.45) is 0 Å². The van der Waals surface area contributed by atoms with Gasteiger partial charge in [0.25, 0.3) is 0 Å². The lowest BCUT2D eigenvalue weighted by Crippen LogP contribution is -2.30. The summed E-state index contributed by atoms with van der Waals surface area (Å²) in [6.45, 7) is 6.57. The lowest BCUT2D eigenvalue weighted by Gasteiger charge is -2.18. The van der Waals surface area contributed by atoms with Gasteiger partial charge >= 0.3 is 17.9 Å². The zero-order chi connectivity index (χ0) is 44.4. The van der Waals surface area contributed by atoms with Gasteiger partial charge in [0.05, 0.1) is 0 Å². The Morgan fingerprint density at radius 2 is 0.623 bits per heavy atom. The van der Waals surface area contributed by atoms with Crippen molar-refractivity contribution in [3.05, 3.63) is 24.3 Å². The summed E-state index contributed by atoms with van der Waals surface area (Å²) >= 11 is 0. The SMILES string of the molecule is CCC/C=C\C/C=C\CCCCCCCC(=O)OC(COC(=O)CCCCCCCCCC)COC(=O)CCCCCCCCCCCCCCCCCCCCCCCC. The van der Waals surface area contributed by atoms with E-state index in [0.29, 0.717) is 19.3 Å². The third kappa shape index (κ3) is 48.8. The standard InChI is InChI=1S/C55H102O6/c1-4-7-10-13-16-19-21-23-24-25-26-27-28-29-30-31-33-34-36-39-42-45-48-54(57)60-51-52(50-59-53(56)47-44-41-38-18-15-12-9-6-3)61-55(58)49-46-43-40-37-35-32-22-20-17-14-11-8-5-2/h11,14,20,22,52H,4-10,12-13,15-19,21,23-51H2,1-3H3/b14-11-,22-20-. The van der Waals surface area contributed by atoms with Gasteiger partial charge in [-0.2, -0.15) is 0 Å². The maximum Gasteiger partial charge on any atom is 0.306 e. The van der Waals surface area contributed by atoms with E-state index in [1.165, 1.54) is 161 Å². The molecule has 0 radical (unpaired) electrons. The highest BCUT2D eigenvalue weighted by Crippen LogP contribution is 2.17. The fraction of sp³-hybridized carbons (Fsp3) is 0.873. The van der Waals surface area contributed by atoms with E-state index in [9.17, 15) is 14.4 Å². The van der Waals surface area contributed by atoms with Gasteiger partial charge in [-0.15, -0.1) is 0 Å². The van der Waals surface area contributed by atoms with E-state index >= 15 is 0 Å². The molecule has 0 saturated heterocycles. The molecule has 0 aromatic heterocycles. The van der Waals surface area contributed by atoms with E-state index in [1.54, 1.807) is 0 Å². The molecular formula is C55H102O6. The molecule has 1 unspecified atom stereocenters. The third-order valence-electron chi connectivity index (χ3n) is 11.9. The average molecular weight is 859 g/mol. The molecule has 0 aromatic carbocycles. The van der Waals surface area contributed by atoms with Crippen molar-refractivity contribution in [2.75, 3.05) is 13.2 Å². The minimum Gasteiger partial charge on any atom is -0.462 e. The summed E-state index contributed by atoms with van der Waals surface area (Å²) in [6.07, 6.45) is 57.6. The topological polar surface area (TPSA) is 78.9 Å². The molecule has 0 aliphatic heterocycles. The van der Waals surface area contributed by atoms with E-state index in [1.807, 2.05) is 0 Å². The Labute approximate surface area is 379 Å². The number of ether oxygens (including phenoxy) is 3. The van der Waals surface area contributed by atoms with Crippen LogP contribution in [0, 0.1) is 0 Å². The first-order valence-electron chi connectivity index (χ1n) is 26.8. The molecule has 0 rings (SSSR count). The van der Waals surface area contributed by atoms with Crippen LogP contribution in [0.5, 0.6) is 0 Å². The second-order valence-electron chi connectivity index (χ2n) is 18.2. The molecule has 0 aliphatic rings. The van der Waals surface area contributed by atoms with Gasteiger partial charge in [-0.05, 0) is 44.9 Å². The normalized spacial score (nSPS) is 12.1. The predicted molar refractivity (Wildman–Crippen MR) is 261 cm³/mol. The molecule has 0 heterocycles. The highest BCUT2D eigenvalue weighted by atomic mass is 16.6. The van der Waals surface area contributed by atoms with Crippen LogP contribution in [-0.2, 0) is 28.6 Å². The summed E-state index contributed by atoms with van der Waals surface area (Å²) in [4.78, 5) is 37.8. The van der Waals surface area contributed by atoms with Crippen molar-refractivity contribution >= 4 is 17.9 Å². The Kier molecular flexibility index (Phi) is 48.8. The van der Waals surface area contributed by atoms with Crippen LogP contribution in [0.15, 0.2) is 24.3 Å². The molecule has 1 atom stereocenters. The van der Waals surface area contributed by atoms with Crippen LogP contribution < -0.4 is 0 Å². The summed E-state index contributed by atoms with van der Waals surface area (Å²) in [5.74, 6) is -0.878. The number of carbonyl (C=O) groups excluding carboxylic acids is 3. The molecule has 0 N–H and O–H groups in total. The molecule has 0 aromatic rings. The highest BCUT2D eigenvalue weighted by molar-refractivity contribution is 5.71. The van der Waals surface area contributed by atoms with Crippen LogP contribution in [0.25, 0.3) is 0 Å². The van der Waals surface area contributed by atoms with Gasteiger partial charge in [0, 0.05) is 19.3 Å². The minimum atomic E-state index is -0.771. The smallest absolute Gasteiger partial charge is 0.306 e. The quantitative estimate of drug-likeness (QED) is 0.0262. The van der Waals surface area contributed by atoms with E-state index in [4.69, 9.17) is 14.2 Å². The van der Waals surface area contributed by atoms with E-state index in [2.05, 4.69) is 45.1 Å². The molecule has 0 fully saturated rings. The summed E-state index contributed by atoms with van der Waals surface area (Å²) < 4.78 is 16.7. The largest absolute Gasteiger partial charge is 0.462 e. The van der Waals surface area contributed by atoms with Gasteiger partial charge in [0.15, 0.2) is 6.10 Å². The number of allylic oxidation sites excluding steroid dienone is 4. The summed E-state index contributed by atoms with van der Waals surface area (Å²) in [7, 11) is 0.